The van der Waals surface area contributed by atoms with Gasteiger partial charge in [-0.2, -0.15) is 0 Å². The van der Waals surface area contributed by atoms with Crippen LogP contribution in [0.2, 0.25) is 0 Å². The quantitative estimate of drug-likeness (QED) is 0.633. The number of fused-ring (bicyclic) bond motifs is 1. The molecular formula is C13H18N2OS. The summed E-state index contributed by atoms with van der Waals surface area (Å²) in [6, 6.07) is 8.41. The number of nitrogens with one attached hydrogen (secondary N) is 1. The number of rotatable bonds is 5. The molecule has 17 heavy (non-hydrogen) atoms. The third-order valence-electron chi connectivity index (χ3n) is 2.68. The van der Waals surface area contributed by atoms with Gasteiger partial charge in [0.25, 0.3) is 0 Å². The Morgan fingerprint density at radius 3 is 2.82 bits per heavy atom. The monoisotopic (exact) mass is 250 g/mol. The highest BCUT2D eigenvalue weighted by atomic mass is 32.1. The summed E-state index contributed by atoms with van der Waals surface area (Å²) in [7, 11) is 0. The Balaban J connectivity index is 2.24. The van der Waals surface area contributed by atoms with Crippen LogP contribution < -0.4 is 11.3 Å². The van der Waals surface area contributed by atoms with Crippen LogP contribution in [0.15, 0.2) is 29.6 Å². The average Bonchev–Trinajstić information content (AvgIpc) is 2.74. The van der Waals surface area contributed by atoms with Crippen molar-refractivity contribution in [2.45, 2.75) is 26.0 Å². The number of hydrazine groups is 1. The Morgan fingerprint density at radius 2 is 2.12 bits per heavy atom. The average molecular weight is 250 g/mol. The fourth-order valence-corrected chi connectivity index (χ4v) is 2.80. The van der Waals surface area contributed by atoms with Crippen LogP contribution in [0, 0.1) is 0 Å². The first kappa shape index (κ1) is 12.5. The van der Waals surface area contributed by atoms with Gasteiger partial charge < -0.3 is 4.74 Å². The maximum atomic E-state index is 5.63. The van der Waals surface area contributed by atoms with Crippen molar-refractivity contribution in [2.75, 3.05) is 6.61 Å². The second-order valence-electron chi connectivity index (χ2n) is 4.29. The van der Waals surface area contributed by atoms with Crippen molar-refractivity contribution in [3.63, 3.8) is 0 Å². The molecule has 4 heteroatoms. The molecule has 1 heterocycles. The molecule has 1 unspecified atom stereocenters. The number of hydrogen-bond donors (Lipinski definition) is 2. The minimum absolute atomic E-state index is 0.0496. The van der Waals surface area contributed by atoms with Crippen LogP contribution in [-0.2, 0) is 4.74 Å². The number of nitrogens with two attached hydrogens (primary N) is 1. The summed E-state index contributed by atoms with van der Waals surface area (Å²) in [5.74, 6) is 5.62. The van der Waals surface area contributed by atoms with Crippen molar-refractivity contribution in [1.29, 1.82) is 0 Å². The molecule has 2 aromatic rings. The van der Waals surface area contributed by atoms with Crippen LogP contribution in [0.5, 0.6) is 0 Å². The minimum Gasteiger partial charge on any atom is -0.377 e. The van der Waals surface area contributed by atoms with Crippen LogP contribution in [0.3, 0.4) is 0 Å². The zero-order valence-electron chi connectivity index (χ0n) is 10.1. The van der Waals surface area contributed by atoms with Crippen LogP contribution in [0.4, 0.5) is 0 Å². The first-order valence-electron chi connectivity index (χ1n) is 5.76. The van der Waals surface area contributed by atoms with Gasteiger partial charge in [-0.25, -0.2) is 0 Å². The predicted octanol–water partition coefficient (Wildman–Crippen LogP) is 2.83. The Labute approximate surface area is 106 Å². The van der Waals surface area contributed by atoms with E-state index in [-0.39, 0.29) is 12.1 Å². The van der Waals surface area contributed by atoms with E-state index in [0.29, 0.717) is 6.61 Å². The molecule has 0 saturated heterocycles. The first-order chi connectivity index (χ1) is 8.22. The third kappa shape index (κ3) is 2.84. The standard InChI is InChI=1S/C13H18N2OS/c1-9(2)16-7-12(15-14)11-8-17-13-6-4-3-5-10(11)13/h3-6,8-9,12,15H,7,14H2,1-2H3. The lowest BCUT2D eigenvalue weighted by Crippen LogP contribution is -2.32. The maximum absolute atomic E-state index is 5.63. The molecule has 0 saturated carbocycles. The molecule has 0 spiro atoms. The highest BCUT2D eigenvalue weighted by Gasteiger charge is 2.15. The summed E-state index contributed by atoms with van der Waals surface area (Å²) in [6.07, 6.45) is 0.218. The molecule has 1 aromatic heterocycles. The Kier molecular flexibility index (Phi) is 4.12. The number of hydrogen-bond acceptors (Lipinski definition) is 4. The number of benzene rings is 1. The van der Waals surface area contributed by atoms with E-state index < -0.39 is 0 Å². The molecule has 3 N–H and O–H groups in total. The van der Waals surface area contributed by atoms with Crippen molar-refractivity contribution >= 4 is 21.4 Å². The highest BCUT2D eigenvalue weighted by Crippen LogP contribution is 2.30. The minimum atomic E-state index is 0.0496. The van der Waals surface area contributed by atoms with Gasteiger partial charge in [0.05, 0.1) is 18.8 Å². The Bertz CT molecular complexity index is 481. The molecule has 0 bridgehead atoms. The van der Waals surface area contributed by atoms with E-state index in [1.54, 1.807) is 11.3 Å². The van der Waals surface area contributed by atoms with Crippen LogP contribution in [0.1, 0.15) is 25.5 Å². The molecule has 0 fully saturated rings. The van der Waals surface area contributed by atoms with Gasteiger partial charge in [-0.15, -0.1) is 11.3 Å². The van der Waals surface area contributed by atoms with Gasteiger partial charge in [-0.1, -0.05) is 18.2 Å². The second-order valence-corrected chi connectivity index (χ2v) is 5.20. The van der Waals surface area contributed by atoms with Crippen molar-refractivity contribution in [3.05, 3.63) is 35.2 Å². The van der Waals surface area contributed by atoms with Gasteiger partial charge >= 0.3 is 0 Å². The molecule has 0 aliphatic heterocycles. The van der Waals surface area contributed by atoms with Gasteiger partial charge in [0.1, 0.15) is 0 Å². The largest absolute Gasteiger partial charge is 0.377 e. The normalized spacial score (nSPS) is 13.4. The van der Waals surface area contributed by atoms with Gasteiger partial charge in [0.2, 0.25) is 0 Å². The van der Waals surface area contributed by atoms with Gasteiger partial charge in [-0.3, -0.25) is 11.3 Å². The van der Waals surface area contributed by atoms with Crippen molar-refractivity contribution in [2.24, 2.45) is 5.84 Å². The Morgan fingerprint density at radius 1 is 1.35 bits per heavy atom. The SMILES string of the molecule is CC(C)OCC(NN)c1csc2ccccc12. The van der Waals surface area contributed by atoms with Gasteiger partial charge in [0.15, 0.2) is 0 Å². The maximum Gasteiger partial charge on any atom is 0.0708 e. The van der Waals surface area contributed by atoms with Gasteiger partial charge in [0, 0.05) is 4.70 Å². The summed E-state index contributed by atoms with van der Waals surface area (Å²) in [6.45, 7) is 4.65. The van der Waals surface area contributed by atoms with E-state index in [4.69, 9.17) is 10.6 Å². The third-order valence-corrected chi connectivity index (χ3v) is 3.67. The van der Waals surface area contributed by atoms with Crippen molar-refractivity contribution in [1.82, 2.24) is 5.43 Å². The zero-order valence-corrected chi connectivity index (χ0v) is 11.0. The molecule has 0 amide bonds. The van der Waals surface area contributed by atoms with Gasteiger partial charge in [-0.05, 0) is 36.2 Å². The van der Waals surface area contributed by atoms with E-state index in [0.717, 1.165) is 0 Å². The highest BCUT2D eigenvalue weighted by molar-refractivity contribution is 7.17. The van der Waals surface area contributed by atoms with Crippen molar-refractivity contribution in [3.8, 4) is 0 Å². The lowest BCUT2D eigenvalue weighted by molar-refractivity contribution is 0.0615. The smallest absolute Gasteiger partial charge is 0.0708 e. The lowest BCUT2D eigenvalue weighted by Gasteiger charge is -2.17. The van der Waals surface area contributed by atoms with E-state index in [1.807, 2.05) is 13.8 Å². The fraction of sp³-hybridized carbons (Fsp3) is 0.385. The predicted molar refractivity (Wildman–Crippen MR) is 73.0 cm³/mol. The summed E-state index contributed by atoms with van der Waals surface area (Å²) in [4.78, 5) is 0. The number of ether oxygens (including phenoxy) is 1. The zero-order chi connectivity index (χ0) is 12.3. The number of thiophene rings is 1. The molecular weight excluding hydrogens is 232 g/mol. The summed E-state index contributed by atoms with van der Waals surface area (Å²) < 4.78 is 6.91. The van der Waals surface area contributed by atoms with Crippen LogP contribution >= 0.6 is 11.3 Å². The summed E-state index contributed by atoms with van der Waals surface area (Å²) in [5.41, 5.74) is 4.05. The molecule has 0 radical (unpaired) electrons. The molecule has 0 aliphatic carbocycles. The fourth-order valence-electron chi connectivity index (χ4n) is 1.78. The van der Waals surface area contributed by atoms with E-state index in [2.05, 4.69) is 35.1 Å². The molecule has 92 valence electrons. The van der Waals surface area contributed by atoms with Crippen LogP contribution in [-0.4, -0.2) is 12.7 Å². The van der Waals surface area contributed by atoms with E-state index in [9.17, 15) is 0 Å². The Hall–Kier alpha value is -0.940. The first-order valence-corrected chi connectivity index (χ1v) is 6.64. The van der Waals surface area contributed by atoms with Crippen molar-refractivity contribution < 1.29 is 4.74 Å². The topological polar surface area (TPSA) is 47.3 Å². The van der Waals surface area contributed by atoms with Crippen LogP contribution in [0.25, 0.3) is 10.1 Å². The second kappa shape index (κ2) is 5.60. The van der Waals surface area contributed by atoms with E-state index >= 15 is 0 Å². The van der Waals surface area contributed by atoms with E-state index in [1.165, 1.54) is 15.6 Å². The molecule has 2 rings (SSSR count). The molecule has 3 nitrogen and oxygen atoms in total. The lowest BCUT2D eigenvalue weighted by atomic mass is 10.1. The molecule has 1 atom stereocenters. The molecule has 1 aromatic carbocycles. The molecule has 0 aliphatic rings. The summed E-state index contributed by atoms with van der Waals surface area (Å²) >= 11 is 1.74. The summed E-state index contributed by atoms with van der Waals surface area (Å²) in [5, 5.41) is 3.41.